The van der Waals surface area contributed by atoms with Crippen LogP contribution in [0.15, 0.2) is 30.6 Å². The van der Waals surface area contributed by atoms with E-state index in [1.807, 2.05) is 6.21 Å². The first-order valence-corrected chi connectivity index (χ1v) is 13.4. The molecular formula is C9H5I3N3-. The Kier molecular flexibility index (Phi) is 3.07. The van der Waals surface area contributed by atoms with E-state index in [0.717, 1.165) is 0 Å². The van der Waals surface area contributed by atoms with Crippen LogP contribution in [0.4, 0.5) is 5.82 Å². The number of fused-ring (bicyclic) bond motifs is 3. The summed E-state index contributed by atoms with van der Waals surface area (Å²) in [5, 5.41) is 1.29. The second kappa shape index (κ2) is 4.35. The maximum absolute atomic E-state index is 4.60. The maximum atomic E-state index is 4.60. The molecule has 0 saturated carbocycles. The van der Waals surface area contributed by atoms with Crippen LogP contribution in [0.5, 0.6) is 0 Å². The molecule has 1 aliphatic rings. The standard InChI is InChI=1S/C9H5I3N3/c10-11-15-8-4-2-1-3-6(8)7-5-13-12-14-9(7)15/h1-5H/q-1. The van der Waals surface area contributed by atoms with E-state index in [4.69, 9.17) is 0 Å². The van der Waals surface area contributed by atoms with Crippen molar-refractivity contribution in [2.24, 2.45) is 6.35 Å². The van der Waals surface area contributed by atoms with E-state index >= 15 is 0 Å². The van der Waals surface area contributed by atoms with Crippen LogP contribution in [-0.2, 0) is 0 Å². The summed E-state index contributed by atoms with van der Waals surface area (Å²) in [5.41, 5.74) is 2.53. The SMILES string of the molecule is I[I-]n1c2c(c3ccccc31)C=NI=N2. The van der Waals surface area contributed by atoms with Crippen molar-refractivity contribution in [3.8, 4) is 0 Å². The normalized spacial score (nSPS) is 14.2. The molecule has 3 nitrogen and oxygen atoms in total. The van der Waals surface area contributed by atoms with Crippen molar-refractivity contribution in [1.82, 2.24) is 2.78 Å². The van der Waals surface area contributed by atoms with Gasteiger partial charge in [-0.2, -0.15) is 0 Å². The van der Waals surface area contributed by atoms with E-state index in [9.17, 15) is 0 Å². The Hall–Kier alpha value is 0.420. The molecule has 78 valence electrons. The van der Waals surface area contributed by atoms with Gasteiger partial charge in [-0.1, -0.05) is 0 Å². The Morgan fingerprint density at radius 2 is 2.20 bits per heavy atom. The molecule has 2 aromatic rings. The summed E-state index contributed by atoms with van der Waals surface area (Å²) in [4.78, 5) is 0. The third kappa shape index (κ3) is 1.68. The predicted octanol–water partition coefficient (Wildman–Crippen LogP) is 0.977. The fourth-order valence-electron chi connectivity index (χ4n) is 1.61. The summed E-state index contributed by atoms with van der Waals surface area (Å²) in [6.07, 6.45) is 2.00. The van der Waals surface area contributed by atoms with Gasteiger partial charge in [0.1, 0.15) is 0 Å². The van der Waals surface area contributed by atoms with Crippen LogP contribution in [0.2, 0.25) is 0 Å². The van der Waals surface area contributed by atoms with E-state index in [1.165, 1.54) is 22.3 Å². The molecule has 0 N–H and O–H groups in total. The molecule has 1 aliphatic heterocycles. The molecule has 0 unspecified atom stereocenters. The number of aromatic nitrogens is 1. The van der Waals surface area contributed by atoms with Crippen molar-refractivity contribution in [2.75, 3.05) is 0 Å². The van der Waals surface area contributed by atoms with Gasteiger partial charge in [-0.3, -0.25) is 0 Å². The second-order valence-electron chi connectivity index (χ2n) is 2.99. The monoisotopic (exact) mass is 536 g/mol. The van der Waals surface area contributed by atoms with Crippen molar-refractivity contribution >= 4 is 62.9 Å². The van der Waals surface area contributed by atoms with Crippen molar-refractivity contribution in [1.29, 1.82) is 0 Å². The Morgan fingerprint density at radius 3 is 3.07 bits per heavy atom. The van der Waals surface area contributed by atoms with Crippen LogP contribution >= 0.6 is 39.9 Å². The molecule has 0 amide bonds. The third-order valence-corrected chi connectivity index (χ3v) is 7.22. The molecule has 0 radical (unpaired) electrons. The molecule has 0 bridgehead atoms. The Balaban J connectivity index is 2.49. The summed E-state index contributed by atoms with van der Waals surface area (Å²) >= 11 is 2.11. The summed E-state index contributed by atoms with van der Waals surface area (Å²) < 4.78 is 11.3. The molecule has 0 aliphatic carbocycles. The van der Waals surface area contributed by atoms with Gasteiger partial charge in [0.2, 0.25) is 0 Å². The summed E-state index contributed by atoms with van der Waals surface area (Å²) in [5.74, 6) is 1.17. The van der Waals surface area contributed by atoms with Crippen LogP contribution in [0.3, 0.4) is 0 Å². The second-order valence-corrected chi connectivity index (χ2v) is 8.23. The predicted molar refractivity (Wildman–Crippen MR) is 75.1 cm³/mol. The van der Waals surface area contributed by atoms with Crippen LogP contribution in [0.25, 0.3) is 10.9 Å². The summed E-state index contributed by atoms with van der Waals surface area (Å²) in [7, 11) is 0. The Morgan fingerprint density at radius 1 is 1.33 bits per heavy atom. The zero-order valence-electron chi connectivity index (χ0n) is 7.36. The first-order chi connectivity index (χ1) is 7.42. The molecule has 0 spiro atoms. The molecule has 2 heterocycles. The molecule has 1 aromatic heterocycles. The summed E-state index contributed by atoms with van der Waals surface area (Å²) in [6, 6.07) is 8.50. The molecule has 0 fully saturated rings. The molecule has 0 atom stereocenters. The molecule has 15 heavy (non-hydrogen) atoms. The average Bonchev–Trinajstić information content (AvgIpc) is 2.63. The first kappa shape index (κ1) is 10.6. The van der Waals surface area contributed by atoms with Gasteiger partial charge in [0, 0.05) is 0 Å². The van der Waals surface area contributed by atoms with Gasteiger partial charge >= 0.3 is 119 Å². The van der Waals surface area contributed by atoms with Crippen LogP contribution in [0.1, 0.15) is 5.56 Å². The molecular weight excluding hydrogens is 531 g/mol. The minimum absolute atomic E-state index is 0.0234. The number of halogens is 3. The topological polar surface area (TPSA) is 29.6 Å². The van der Waals surface area contributed by atoms with Gasteiger partial charge in [-0.15, -0.1) is 0 Å². The van der Waals surface area contributed by atoms with E-state index < -0.39 is 0 Å². The first-order valence-electron chi connectivity index (χ1n) is 4.19. The minimum atomic E-state index is -0.347. The van der Waals surface area contributed by atoms with Crippen LogP contribution < -0.4 is 17.5 Å². The van der Waals surface area contributed by atoms with Crippen molar-refractivity contribution < 1.29 is 17.5 Å². The fraction of sp³-hybridized carbons (Fsp3) is 0. The summed E-state index contributed by atoms with van der Waals surface area (Å²) in [6.45, 7) is 0. The van der Waals surface area contributed by atoms with E-state index in [2.05, 4.69) is 52.0 Å². The third-order valence-electron chi connectivity index (χ3n) is 2.24. The van der Waals surface area contributed by atoms with Crippen LogP contribution in [0, 0.1) is 0 Å². The van der Waals surface area contributed by atoms with Crippen molar-refractivity contribution in [3.05, 3.63) is 29.8 Å². The van der Waals surface area contributed by atoms with Crippen molar-refractivity contribution in [2.45, 2.75) is 0 Å². The van der Waals surface area contributed by atoms with Gasteiger partial charge in [0.25, 0.3) is 0 Å². The Labute approximate surface area is 118 Å². The molecule has 3 rings (SSSR count). The van der Waals surface area contributed by atoms with E-state index in [1.54, 1.807) is 0 Å². The number of hydrogen-bond acceptors (Lipinski definition) is 2. The van der Waals surface area contributed by atoms with E-state index in [-0.39, 0.29) is 38.8 Å². The van der Waals surface area contributed by atoms with Gasteiger partial charge in [-0.05, 0) is 0 Å². The van der Waals surface area contributed by atoms with Gasteiger partial charge in [0.05, 0.1) is 0 Å². The van der Waals surface area contributed by atoms with Gasteiger partial charge in [0.15, 0.2) is 0 Å². The Bertz CT molecular complexity index is 586. The number of rotatable bonds is 1. The van der Waals surface area contributed by atoms with Crippen LogP contribution in [-0.4, -0.2) is 9.00 Å². The fourth-order valence-corrected chi connectivity index (χ4v) is 6.87. The quantitative estimate of drug-likeness (QED) is 0.488. The average molecular weight is 536 g/mol. The van der Waals surface area contributed by atoms with Crippen molar-refractivity contribution in [3.63, 3.8) is 0 Å². The van der Waals surface area contributed by atoms with E-state index in [0.29, 0.717) is 0 Å². The molecule has 1 aromatic carbocycles. The molecule has 0 saturated heterocycles. The molecule has 6 heteroatoms. The number of nitrogens with zero attached hydrogens (tertiary/aromatic N) is 3. The van der Waals surface area contributed by atoms with Gasteiger partial charge in [-0.25, -0.2) is 0 Å². The number of benzene rings is 1. The zero-order chi connectivity index (χ0) is 10.3. The number of hydrogen-bond donors (Lipinski definition) is 0. The number of para-hydroxylation sites is 1. The van der Waals surface area contributed by atoms with Gasteiger partial charge < -0.3 is 0 Å². The zero-order valence-corrected chi connectivity index (χ0v) is 13.8.